The maximum absolute atomic E-state index is 3.08. The molecule has 0 N–H and O–H groups in total. The fourth-order valence-corrected chi connectivity index (χ4v) is 21.0. The molecule has 0 bridgehead atoms. The molecule has 85 heavy (non-hydrogen) atoms. The van der Waals surface area contributed by atoms with Crippen molar-refractivity contribution in [2.45, 2.75) is 449 Å². The lowest BCUT2D eigenvalue weighted by Crippen LogP contribution is -2.73. The minimum atomic E-state index is 0.0743. The van der Waals surface area contributed by atoms with Gasteiger partial charge in [-0.1, -0.05) is 398 Å². The summed E-state index contributed by atoms with van der Waals surface area (Å²) in [7, 11) is 0. The van der Waals surface area contributed by atoms with E-state index in [9.17, 15) is 0 Å². The average molecular weight is 1190 g/mol. The third-order valence-corrected chi connectivity index (χ3v) is 25.1. The van der Waals surface area contributed by atoms with Gasteiger partial charge in [0.1, 0.15) is 0 Å². The first-order valence-electron chi connectivity index (χ1n) is 40.4. The molecule has 512 valence electrons. The molecule has 0 aromatic heterocycles. The SMILES string of the molecule is CCCCCC(CCC)CC(C)C(CCC(C)C)(CC(CCC)CCCCC)C(CC(CCC)CCCCC)(C(CC)CC)C(CC(CCC)CCCCC)(C(C)(C)CC)C(CCC)(C(CC(CCC)CCCCC)CC(C)(C)C)C(C)C(C)C. The van der Waals surface area contributed by atoms with E-state index in [1.54, 1.807) is 0 Å². The minimum absolute atomic E-state index is 0.0743. The quantitative estimate of drug-likeness (QED) is 0.0533. The number of hydrogen-bond acceptors (Lipinski definition) is 0. The Bertz CT molecular complexity index is 1500. The summed E-state index contributed by atoms with van der Waals surface area (Å²) < 4.78 is 0. The number of rotatable bonds is 58. The largest absolute Gasteiger partial charge is 0.0654 e. The van der Waals surface area contributed by atoms with Gasteiger partial charge in [-0.3, -0.25) is 0 Å². The summed E-state index contributed by atoms with van der Waals surface area (Å²) in [6.07, 6.45) is 60.1. The molecule has 0 nitrogen and oxygen atoms in total. The summed E-state index contributed by atoms with van der Waals surface area (Å²) in [6, 6.07) is 0. The second-order valence-electron chi connectivity index (χ2n) is 33.7. The van der Waals surface area contributed by atoms with Crippen LogP contribution in [0.2, 0.25) is 0 Å². The molecule has 0 aliphatic carbocycles. The molecular formula is C85H172. The van der Waals surface area contributed by atoms with Crippen LogP contribution in [0.5, 0.6) is 0 Å². The molecule has 0 aromatic rings. The third-order valence-electron chi connectivity index (χ3n) is 25.1. The van der Waals surface area contributed by atoms with Gasteiger partial charge in [-0.25, -0.2) is 0 Å². The Balaban J connectivity index is 11.9. The van der Waals surface area contributed by atoms with Gasteiger partial charge in [-0.15, -0.1) is 0 Å². The molecule has 0 saturated carbocycles. The molecule has 0 heterocycles. The van der Waals surface area contributed by atoms with Crippen LogP contribution in [-0.2, 0) is 0 Å². The molecule has 0 aromatic carbocycles. The first-order valence-corrected chi connectivity index (χ1v) is 40.4. The molecule has 0 radical (unpaired) electrons. The van der Waals surface area contributed by atoms with Crippen molar-refractivity contribution < 1.29 is 0 Å². The Morgan fingerprint density at radius 2 is 0.694 bits per heavy atom. The van der Waals surface area contributed by atoms with Crippen molar-refractivity contribution >= 4 is 0 Å². The van der Waals surface area contributed by atoms with E-state index in [1.165, 1.54) is 276 Å². The van der Waals surface area contributed by atoms with Gasteiger partial charge in [-0.05, 0) is 149 Å². The van der Waals surface area contributed by atoms with Gasteiger partial charge < -0.3 is 0 Å². The summed E-state index contributed by atoms with van der Waals surface area (Å²) in [5, 5.41) is 0. The van der Waals surface area contributed by atoms with Gasteiger partial charge in [0.15, 0.2) is 0 Å². The first kappa shape index (κ1) is 85.0. The average Bonchev–Trinajstić information content (AvgIpc) is 0.665. The molecule has 0 aliphatic rings. The van der Waals surface area contributed by atoms with Crippen LogP contribution in [0.1, 0.15) is 449 Å². The molecule has 0 fully saturated rings. The molecule has 12 atom stereocenters. The molecule has 0 heteroatoms. The molecule has 0 rings (SSSR count). The predicted octanol–water partition coefficient (Wildman–Crippen LogP) is 31.0. The maximum atomic E-state index is 3.08. The smallest absolute Gasteiger partial charge is 0.0117 e. The Morgan fingerprint density at radius 1 is 0.318 bits per heavy atom. The normalized spacial score (nSPS) is 18.6. The first-order chi connectivity index (χ1) is 40.4. The zero-order valence-corrected chi connectivity index (χ0v) is 64.8. The van der Waals surface area contributed by atoms with Crippen LogP contribution in [0.4, 0.5) is 0 Å². The lowest BCUT2D eigenvalue weighted by Gasteiger charge is -2.79. The Morgan fingerprint density at radius 3 is 1.04 bits per heavy atom. The van der Waals surface area contributed by atoms with Crippen molar-refractivity contribution in [1.29, 1.82) is 0 Å². The highest BCUT2D eigenvalue weighted by atomic mass is 14.8. The second-order valence-corrected chi connectivity index (χ2v) is 33.7. The molecule has 0 saturated heterocycles. The topological polar surface area (TPSA) is 0 Å². The predicted molar refractivity (Wildman–Crippen MR) is 393 cm³/mol. The molecular weight excluding hydrogens is 1020 g/mol. The zero-order chi connectivity index (χ0) is 64.8. The summed E-state index contributed by atoms with van der Waals surface area (Å²) in [5.74, 6) is 7.84. The molecule has 0 aliphatic heterocycles. The molecule has 0 amide bonds. The standard InChI is InChI=1S/C85H172/c1-26-40-45-55-73(50-31-6)63-71(19)82(62-60-69(15)16,65-75(52-33-8)57-47-42-28-3)84(78(37-12)38-13,66-76(53-34-9)58-48-43-29-4)85(81(24,25)39-14,67-77(54-35-10)59-49-44-30-5)83(61-36-11,72(20)70(17)18)79(68-80(21,22)23)64-74(51-32-7)56-46-41-27-2/h69-79H,26-68H2,1-25H3. The van der Waals surface area contributed by atoms with Crippen LogP contribution < -0.4 is 0 Å². The summed E-state index contributed by atoms with van der Waals surface area (Å²) in [5.41, 5.74) is 0.839. The molecule has 12 unspecified atom stereocenters. The molecule has 0 spiro atoms. The van der Waals surface area contributed by atoms with Gasteiger partial charge in [0.2, 0.25) is 0 Å². The third kappa shape index (κ3) is 25.4. The summed E-state index contributed by atoms with van der Waals surface area (Å²) >= 11 is 0. The van der Waals surface area contributed by atoms with Crippen LogP contribution in [-0.4, -0.2) is 0 Å². The second kappa shape index (κ2) is 46.1. The van der Waals surface area contributed by atoms with Crippen molar-refractivity contribution in [3.63, 3.8) is 0 Å². The van der Waals surface area contributed by atoms with Gasteiger partial charge in [-0.2, -0.15) is 0 Å². The number of hydrogen-bond donors (Lipinski definition) is 0. The van der Waals surface area contributed by atoms with Crippen molar-refractivity contribution in [1.82, 2.24) is 0 Å². The lowest BCUT2D eigenvalue weighted by atomic mass is 9.25. The van der Waals surface area contributed by atoms with E-state index < -0.39 is 0 Å². The van der Waals surface area contributed by atoms with Crippen molar-refractivity contribution in [2.75, 3.05) is 0 Å². The highest BCUT2D eigenvalue weighted by molar-refractivity contribution is 5.24. The van der Waals surface area contributed by atoms with E-state index in [2.05, 4.69) is 173 Å². The van der Waals surface area contributed by atoms with E-state index >= 15 is 0 Å². The van der Waals surface area contributed by atoms with E-state index in [0.717, 1.165) is 29.6 Å². The van der Waals surface area contributed by atoms with Crippen molar-refractivity contribution in [3.05, 3.63) is 0 Å². The summed E-state index contributed by atoms with van der Waals surface area (Å²) in [4.78, 5) is 0. The van der Waals surface area contributed by atoms with Crippen LogP contribution in [0.15, 0.2) is 0 Å². The number of unbranched alkanes of at least 4 members (excludes halogenated alkanes) is 10. The van der Waals surface area contributed by atoms with E-state index in [-0.39, 0.29) is 32.5 Å². The van der Waals surface area contributed by atoms with E-state index in [1.807, 2.05) is 0 Å². The summed E-state index contributed by atoms with van der Waals surface area (Å²) in [6.45, 7) is 67.9. The van der Waals surface area contributed by atoms with Crippen LogP contribution in [0.3, 0.4) is 0 Å². The van der Waals surface area contributed by atoms with Crippen LogP contribution in [0, 0.1) is 97.6 Å². The highest BCUT2D eigenvalue weighted by Gasteiger charge is 2.77. The van der Waals surface area contributed by atoms with E-state index in [4.69, 9.17) is 0 Å². The van der Waals surface area contributed by atoms with Crippen molar-refractivity contribution in [2.24, 2.45) is 97.6 Å². The lowest BCUT2D eigenvalue weighted by molar-refractivity contribution is -0.317. The maximum Gasteiger partial charge on any atom is -0.0117 e. The van der Waals surface area contributed by atoms with Gasteiger partial charge in [0.25, 0.3) is 0 Å². The van der Waals surface area contributed by atoms with E-state index in [0.29, 0.717) is 35.5 Å². The monoisotopic (exact) mass is 1190 g/mol. The zero-order valence-electron chi connectivity index (χ0n) is 64.8. The fourth-order valence-electron chi connectivity index (χ4n) is 21.0. The van der Waals surface area contributed by atoms with Crippen LogP contribution >= 0.6 is 0 Å². The Labute approximate surface area is 543 Å². The van der Waals surface area contributed by atoms with Crippen LogP contribution in [0.25, 0.3) is 0 Å². The highest BCUT2D eigenvalue weighted by Crippen LogP contribution is 2.83. The Kier molecular flexibility index (Phi) is 46.1. The van der Waals surface area contributed by atoms with Gasteiger partial charge in [0.05, 0.1) is 0 Å². The fraction of sp³-hybridized carbons (Fsp3) is 1.00. The van der Waals surface area contributed by atoms with Gasteiger partial charge >= 0.3 is 0 Å². The van der Waals surface area contributed by atoms with Crippen molar-refractivity contribution in [3.8, 4) is 0 Å². The minimum Gasteiger partial charge on any atom is -0.0654 e. The van der Waals surface area contributed by atoms with Gasteiger partial charge in [0, 0.05) is 0 Å². The Hall–Kier alpha value is 0.